The summed E-state index contributed by atoms with van der Waals surface area (Å²) in [7, 11) is -5.28. The Labute approximate surface area is 183 Å². The number of nitrogens with zero attached hydrogens (tertiary/aromatic N) is 4. The van der Waals surface area contributed by atoms with Gasteiger partial charge < -0.3 is 4.74 Å². The average molecular weight is 521 g/mol. The molecule has 2 aromatic heterocycles. The Balaban J connectivity index is 1.92. The minimum atomic E-state index is -3.54. The molecule has 10 nitrogen and oxygen atoms in total. The fraction of sp³-hybridized carbons (Fsp3) is 0.412. The smallest absolute Gasteiger partial charge is 0.264 e. The molecule has 0 amide bonds. The second-order valence-corrected chi connectivity index (χ2v) is 10.9. The summed E-state index contributed by atoms with van der Waals surface area (Å²) in [5.74, 6) is 0. The number of hydrogen-bond donors (Lipinski definition) is 0. The maximum atomic E-state index is 12.0. The average Bonchev–Trinajstić information content (AvgIpc) is 3.18. The second-order valence-electron chi connectivity index (χ2n) is 6.73. The zero-order chi connectivity index (χ0) is 22.3. The minimum absolute atomic E-state index is 0.0834. The van der Waals surface area contributed by atoms with Gasteiger partial charge in [0.1, 0.15) is 4.60 Å². The fourth-order valence-electron chi connectivity index (χ4n) is 3.12. The highest BCUT2D eigenvalue weighted by molar-refractivity contribution is 9.10. The van der Waals surface area contributed by atoms with Crippen molar-refractivity contribution in [3.8, 4) is 11.1 Å². The molecule has 0 saturated heterocycles. The van der Waals surface area contributed by atoms with E-state index in [-0.39, 0.29) is 13.2 Å². The Morgan fingerprint density at radius 3 is 2.50 bits per heavy atom. The van der Waals surface area contributed by atoms with Gasteiger partial charge in [0.25, 0.3) is 20.1 Å². The number of halogens is 1. The first-order valence-electron chi connectivity index (χ1n) is 8.75. The quantitative estimate of drug-likeness (QED) is 0.326. The van der Waals surface area contributed by atoms with E-state index in [4.69, 9.17) is 8.92 Å². The Morgan fingerprint density at radius 1 is 1.17 bits per heavy atom. The molecular weight excluding hydrogens is 500 g/mol. The van der Waals surface area contributed by atoms with Crippen LogP contribution in [0.4, 0.5) is 0 Å². The molecule has 0 N–H and O–H groups in total. The summed E-state index contributed by atoms with van der Waals surface area (Å²) in [5, 5.41) is 9.02. The summed E-state index contributed by atoms with van der Waals surface area (Å²) in [4.78, 5) is 0. The number of benzene rings is 1. The molecule has 0 spiro atoms. The van der Waals surface area contributed by atoms with Crippen molar-refractivity contribution in [2.24, 2.45) is 7.05 Å². The van der Waals surface area contributed by atoms with Crippen LogP contribution in [-0.2, 0) is 36.1 Å². The van der Waals surface area contributed by atoms with Gasteiger partial charge in [0.2, 0.25) is 0 Å². The van der Waals surface area contributed by atoms with Crippen LogP contribution in [0.5, 0.6) is 0 Å². The van der Waals surface area contributed by atoms with Crippen LogP contribution in [0.15, 0.2) is 29.0 Å². The molecule has 0 aliphatic heterocycles. The molecule has 0 saturated carbocycles. The fourth-order valence-corrected chi connectivity index (χ4v) is 4.82. The third-order valence-corrected chi connectivity index (χ3v) is 6.43. The highest BCUT2D eigenvalue weighted by atomic mass is 79.9. The van der Waals surface area contributed by atoms with Crippen molar-refractivity contribution in [1.29, 1.82) is 0 Å². The molecule has 0 unspecified atom stereocenters. The van der Waals surface area contributed by atoms with Gasteiger partial charge in [-0.15, -0.1) is 5.10 Å². The predicted molar refractivity (Wildman–Crippen MR) is 115 cm³/mol. The maximum Gasteiger partial charge on any atom is 0.264 e. The summed E-state index contributed by atoms with van der Waals surface area (Å²) in [6.45, 7) is 1.83. The van der Waals surface area contributed by atoms with Gasteiger partial charge in [0, 0.05) is 18.0 Å². The standard InChI is InChI=1S/C17H21BrN4O6S2/c1-11(27-7-8-28-30(4,25)26)16-14(10-19-21(16)2)12-5-6-15-13(9-12)17(18)20-22(15)29(3,23)24/h5-6,9-11H,7-8H2,1-4H3/t11-/m1/s1. The topological polar surface area (TPSA) is 122 Å². The number of ether oxygens (including phenoxy) is 1. The van der Waals surface area contributed by atoms with Crippen LogP contribution in [0.3, 0.4) is 0 Å². The van der Waals surface area contributed by atoms with E-state index >= 15 is 0 Å². The van der Waals surface area contributed by atoms with Crippen molar-refractivity contribution in [2.75, 3.05) is 25.7 Å². The van der Waals surface area contributed by atoms with Crippen LogP contribution < -0.4 is 0 Å². The van der Waals surface area contributed by atoms with Crippen molar-refractivity contribution in [3.63, 3.8) is 0 Å². The van der Waals surface area contributed by atoms with E-state index in [0.29, 0.717) is 15.5 Å². The predicted octanol–water partition coefficient (Wildman–Crippen LogP) is 2.06. The normalized spacial score (nSPS) is 13.8. The first-order valence-corrected chi connectivity index (χ1v) is 13.2. The van der Waals surface area contributed by atoms with E-state index in [2.05, 4.69) is 26.1 Å². The number of rotatable bonds is 8. The molecule has 0 aliphatic rings. The summed E-state index contributed by atoms with van der Waals surface area (Å²) in [5.41, 5.74) is 2.85. The lowest BCUT2D eigenvalue weighted by atomic mass is 10.0. The lowest BCUT2D eigenvalue weighted by Crippen LogP contribution is -2.13. The second kappa shape index (κ2) is 8.38. The van der Waals surface area contributed by atoms with Gasteiger partial charge in [0.15, 0.2) is 0 Å². The Morgan fingerprint density at radius 2 is 1.87 bits per heavy atom. The molecular formula is C17H21BrN4O6S2. The SMILES string of the molecule is C[C@@H](OCCOS(C)(=O)=O)c1c(-c2ccc3c(c2)c(Br)nn3S(C)(=O)=O)cnn1C. The van der Waals surface area contributed by atoms with E-state index in [9.17, 15) is 16.8 Å². The van der Waals surface area contributed by atoms with Crippen molar-refractivity contribution in [1.82, 2.24) is 19.0 Å². The minimum Gasteiger partial charge on any atom is -0.370 e. The molecule has 3 rings (SSSR count). The zero-order valence-electron chi connectivity index (χ0n) is 16.7. The van der Waals surface area contributed by atoms with Gasteiger partial charge in [-0.25, -0.2) is 8.42 Å². The van der Waals surface area contributed by atoms with Gasteiger partial charge >= 0.3 is 0 Å². The molecule has 1 atom stereocenters. The summed E-state index contributed by atoms with van der Waals surface area (Å²) < 4.78 is 59.5. The largest absolute Gasteiger partial charge is 0.370 e. The van der Waals surface area contributed by atoms with Crippen LogP contribution in [0, 0.1) is 0 Å². The molecule has 30 heavy (non-hydrogen) atoms. The van der Waals surface area contributed by atoms with Crippen molar-refractivity contribution in [3.05, 3.63) is 34.7 Å². The van der Waals surface area contributed by atoms with Crippen LogP contribution in [-0.4, -0.2) is 61.5 Å². The van der Waals surface area contributed by atoms with Gasteiger partial charge in [-0.2, -0.15) is 17.6 Å². The Kier molecular flexibility index (Phi) is 6.39. The molecule has 2 heterocycles. The number of fused-ring (bicyclic) bond motifs is 1. The van der Waals surface area contributed by atoms with Gasteiger partial charge in [-0.1, -0.05) is 6.07 Å². The first kappa shape index (κ1) is 22.9. The lowest BCUT2D eigenvalue weighted by molar-refractivity contribution is 0.0411. The molecule has 1 aromatic carbocycles. The molecule has 13 heteroatoms. The summed E-state index contributed by atoms with van der Waals surface area (Å²) in [6, 6.07) is 5.30. The Bertz CT molecular complexity index is 1300. The molecule has 0 radical (unpaired) electrons. The first-order chi connectivity index (χ1) is 13.9. The molecule has 0 bridgehead atoms. The number of hydrogen-bond acceptors (Lipinski definition) is 8. The molecule has 0 fully saturated rings. The third kappa shape index (κ3) is 4.91. The van der Waals surface area contributed by atoms with E-state index in [0.717, 1.165) is 33.4 Å². The van der Waals surface area contributed by atoms with Crippen molar-refractivity contribution >= 4 is 47.0 Å². The molecule has 164 valence electrons. The lowest BCUT2D eigenvalue weighted by Gasteiger charge is -2.16. The highest BCUT2D eigenvalue weighted by Crippen LogP contribution is 2.34. The van der Waals surface area contributed by atoms with E-state index < -0.39 is 26.2 Å². The monoisotopic (exact) mass is 520 g/mol. The highest BCUT2D eigenvalue weighted by Gasteiger charge is 2.21. The summed E-state index contributed by atoms with van der Waals surface area (Å²) in [6.07, 6.45) is 3.37. The summed E-state index contributed by atoms with van der Waals surface area (Å²) >= 11 is 3.32. The van der Waals surface area contributed by atoms with Crippen LogP contribution in [0.25, 0.3) is 22.0 Å². The Hall–Kier alpha value is -1.80. The molecule has 0 aliphatic carbocycles. The number of aromatic nitrogens is 4. The molecule has 3 aromatic rings. The van der Waals surface area contributed by atoms with Crippen LogP contribution >= 0.6 is 15.9 Å². The third-order valence-electron chi connectivity index (χ3n) is 4.35. The van der Waals surface area contributed by atoms with Gasteiger partial charge in [-0.05, 0) is 40.5 Å². The van der Waals surface area contributed by atoms with Crippen molar-refractivity contribution < 1.29 is 25.8 Å². The van der Waals surface area contributed by atoms with Crippen molar-refractivity contribution in [2.45, 2.75) is 13.0 Å². The number of aryl methyl sites for hydroxylation is 1. The van der Waals surface area contributed by atoms with Crippen LogP contribution in [0.1, 0.15) is 18.7 Å². The zero-order valence-corrected chi connectivity index (χ0v) is 20.0. The van der Waals surface area contributed by atoms with E-state index in [1.165, 1.54) is 0 Å². The van der Waals surface area contributed by atoms with E-state index in [1.54, 1.807) is 30.1 Å². The van der Waals surface area contributed by atoms with Crippen LogP contribution in [0.2, 0.25) is 0 Å². The van der Waals surface area contributed by atoms with E-state index in [1.807, 2.05) is 13.0 Å². The van der Waals surface area contributed by atoms with Gasteiger partial charge in [-0.3, -0.25) is 8.86 Å². The maximum absolute atomic E-state index is 12.0. The van der Waals surface area contributed by atoms with Gasteiger partial charge in [0.05, 0.1) is 49.2 Å².